The minimum absolute atomic E-state index is 0.0243. The Hall–Kier alpha value is -2.20. The maximum Gasteiger partial charge on any atom is 0.397 e. The maximum absolute atomic E-state index is 12.9. The van der Waals surface area contributed by atoms with Crippen molar-refractivity contribution >= 4 is 16.4 Å². The Morgan fingerprint density at radius 1 is 0.594 bits per heavy atom. The van der Waals surface area contributed by atoms with Crippen molar-refractivity contribution in [2.45, 2.75) is 230 Å². The fourth-order valence-corrected chi connectivity index (χ4v) is 7.81. The molecule has 0 aliphatic carbocycles. The minimum Gasteiger partial charge on any atom is -0.457 e. The van der Waals surface area contributed by atoms with Crippen molar-refractivity contribution in [2.75, 3.05) is 26.4 Å². The summed E-state index contributed by atoms with van der Waals surface area (Å²) in [5, 5.41) is 30.7. The maximum atomic E-state index is 12.9. The summed E-state index contributed by atoms with van der Waals surface area (Å²) >= 11 is 0. The highest BCUT2D eigenvalue weighted by atomic mass is 32.3. The van der Waals surface area contributed by atoms with Crippen LogP contribution in [0.3, 0.4) is 0 Å². The number of carbonyl (C=O) groups is 1. The van der Waals surface area contributed by atoms with Gasteiger partial charge < -0.3 is 34.3 Å². The molecule has 4 N–H and O–H groups in total. The average Bonchev–Trinajstić information content (AvgIpc) is 3.27. The number of unbranched alkanes of at least 4 members (excludes halogenated alkanes) is 20. The van der Waals surface area contributed by atoms with Gasteiger partial charge in [-0.05, 0) is 83.5 Å². The highest BCUT2D eigenvalue weighted by Gasteiger charge is 2.48. The van der Waals surface area contributed by atoms with E-state index in [9.17, 15) is 33.1 Å². The Balaban J connectivity index is 2.40. The topological polar surface area (TPSA) is 178 Å². The SMILES string of the molecule is CCCCC/C=C\C/C=C\C/C=C\CCCCCCCCC(=O)OC(COCCCCCCCCCC/C=C\C/C=C\CCCCC)COC1OC(CO)C(O)C(OS(=O)(=O)O)C1O. The van der Waals surface area contributed by atoms with Crippen molar-refractivity contribution in [1.82, 2.24) is 0 Å². The molecule has 1 saturated heterocycles. The number of allylic oxidation sites excluding steroid dienone is 10. The van der Waals surface area contributed by atoms with Gasteiger partial charge in [0, 0.05) is 13.0 Å². The summed E-state index contributed by atoms with van der Waals surface area (Å²) in [5.41, 5.74) is 0. The van der Waals surface area contributed by atoms with Gasteiger partial charge in [-0.1, -0.05) is 164 Å². The van der Waals surface area contributed by atoms with Crippen LogP contribution >= 0.6 is 0 Å². The van der Waals surface area contributed by atoms with Gasteiger partial charge in [-0.3, -0.25) is 9.35 Å². The van der Waals surface area contributed by atoms with Crippen LogP contribution in [0.4, 0.5) is 0 Å². The van der Waals surface area contributed by atoms with Crippen molar-refractivity contribution in [1.29, 1.82) is 0 Å². The van der Waals surface area contributed by atoms with Crippen LogP contribution in [-0.2, 0) is 38.3 Å². The predicted molar refractivity (Wildman–Crippen MR) is 257 cm³/mol. The van der Waals surface area contributed by atoms with E-state index in [2.05, 4.69) is 78.8 Å². The third kappa shape index (κ3) is 35.1. The zero-order valence-electron chi connectivity index (χ0n) is 39.8. The van der Waals surface area contributed by atoms with Gasteiger partial charge in [-0.15, -0.1) is 0 Å². The molecule has 6 atom stereocenters. The Labute approximate surface area is 388 Å². The van der Waals surface area contributed by atoms with E-state index in [0.717, 1.165) is 83.5 Å². The molecule has 1 aliphatic rings. The van der Waals surface area contributed by atoms with E-state index in [4.69, 9.17) is 18.9 Å². The second-order valence-corrected chi connectivity index (χ2v) is 18.1. The summed E-state index contributed by atoms with van der Waals surface area (Å²) in [7, 11) is -5.07. The lowest BCUT2D eigenvalue weighted by molar-refractivity contribution is -0.301. The molecule has 0 bridgehead atoms. The number of carbonyl (C=O) groups excluding carboxylic acids is 1. The van der Waals surface area contributed by atoms with Crippen molar-refractivity contribution in [2.24, 2.45) is 0 Å². The monoisotopic (exact) mass is 927 g/mol. The Kier molecular flexibility index (Phi) is 39.4. The molecule has 0 saturated carbocycles. The van der Waals surface area contributed by atoms with Crippen LogP contribution in [0, 0.1) is 0 Å². The third-order valence-corrected chi connectivity index (χ3v) is 11.6. The minimum atomic E-state index is -5.07. The number of ether oxygens (including phenoxy) is 4. The fourth-order valence-electron chi connectivity index (χ4n) is 7.30. The number of hydrogen-bond donors (Lipinski definition) is 4. The van der Waals surface area contributed by atoms with Crippen LogP contribution in [-0.4, -0.2) is 97.5 Å². The van der Waals surface area contributed by atoms with E-state index in [0.29, 0.717) is 13.0 Å². The molecule has 6 unspecified atom stereocenters. The first-order valence-electron chi connectivity index (χ1n) is 25.0. The summed E-state index contributed by atoms with van der Waals surface area (Å²) in [6, 6.07) is 0. The van der Waals surface area contributed by atoms with Gasteiger partial charge in [0.1, 0.15) is 30.5 Å². The lowest BCUT2D eigenvalue weighted by Gasteiger charge is -2.41. The molecule has 1 fully saturated rings. The fraction of sp³-hybridized carbons (Fsp3) is 0.784. The number of aliphatic hydroxyl groups is 3. The molecule has 1 rings (SSSR count). The summed E-state index contributed by atoms with van der Waals surface area (Å²) in [6.45, 7) is 3.91. The van der Waals surface area contributed by atoms with Crippen LogP contribution in [0.5, 0.6) is 0 Å². The first-order valence-corrected chi connectivity index (χ1v) is 26.4. The second kappa shape index (κ2) is 42.2. The van der Waals surface area contributed by atoms with Gasteiger partial charge in [-0.25, -0.2) is 4.18 Å². The standard InChI is InChI=1S/C51H90O12S/c1-3-5-7-9-11-13-15-17-19-21-23-24-26-28-30-32-34-36-38-40-47(53)61-45(44-60-51-49(55)50(63-64(56,57)58)48(54)46(42-52)62-51)43-59-41-39-37-35-33-31-29-27-25-22-20-18-16-14-12-10-8-6-4-2/h11-14,17-20,23-24,45-46,48-52,54-55H,3-10,15-16,21-22,25-44H2,1-2H3,(H,56,57,58)/b13-11-,14-12-,19-17-,20-18-,24-23-. The van der Waals surface area contributed by atoms with Crippen molar-refractivity contribution in [3.8, 4) is 0 Å². The highest BCUT2D eigenvalue weighted by molar-refractivity contribution is 7.80. The Morgan fingerprint density at radius 3 is 1.50 bits per heavy atom. The summed E-state index contributed by atoms with van der Waals surface area (Å²) in [5.74, 6) is -0.415. The van der Waals surface area contributed by atoms with Crippen molar-refractivity contribution in [3.05, 3.63) is 60.8 Å². The largest absolute Gasteiger partial charge is 0.457 e. The molecule has 0 radical (unpaired) electrons. The molecule has 12 nitrogen and oxygen atoms in total. The van der Waals surface area contributed by atoms with E-state index in [1.807, 2.05) is 0 Å². The molecule has 0 aromatic rings. The van der Waals surface area contributed by atoms with Crippen LogP contribution in [0.1, 0.15) is 194 Å². The number of esters is 1. The van der Waals surface area contributed by atoms with E-state index >= 15 is 0 Å². The van der Waals surface area contributed by atoms with Gasteiger partial charge in [0.25, 0.3) is 0 Å². The molecule has 1 aliphatic heterocycles. The van der Waals surface area contributed by atoms with Crippen LogP contribution in [0.25, 0.3) is 0 Å². The Bertz CT molecular complexity index is 1350. The van der Waals surface area contributed by atoms with Gasteiger partial charge >= 0.3 is 16.4 Å². The smallest absolute Gasteiger partial charge is 0.397 e. The van der Waals surface area contributed by atoms with Crippen LogP contribution < -0.4 is 0 Å². The number of aliphatic hydroxyl groups excluding tert-OH is 3. The molecule has 0 spiro atoms. The molecule has 372 valence electrons. The summed E-state index contributed by atoms with van der Waals surface area (Å²) in [6.07, 6.45) is 43.8. The van der Waals surface area contributed by atoms with E-state index in [1.54, 1.807) is 0 Å². The zero-order valence-corrected chi connectivity index (χ0v) is 40.6. The van der Waals surface area contributed by atoms with Gasteiger partial charge in [0.15, 0.2) is 6.29 Å². The first kappa shape index (κ1) is 59.8. The molecule has 0 aromatic heterocycles. The number of hydrogen-bond acceptors (Lipinski definition) is 11. The molecule has 0 aromatic carbocycles. The normalized spacial score (nSPS) is 20.2. The number of rotatable bonds is 43. The molecule has 64 heavy (non-hydrogen) atoms. The Morgan fingerprint density at radius 2 is 1.03 bits per heavy atom. The second-order valence-electron chi connectivity index (χ2n) is 17.0. The summed E-state index contributed by atoms with van der Waals surface area (Å²) < 4.78 is 59.2. The quantitative estimate of drug-likeness (QED) is 0.0197. The van der Waals surface area contributed by atoms with Crippen LogP contribution in [0.2, 0.25) is 0 Å². The zero-order chi connectivity index (χ0) is 46.8. The highest BCUT2D eigenvalue weighted by Crippen LogP contribution is 2.26. The lowest BCUT2D eigenvalue weighted by atomic mass is 9.99. The third-order valence-electron chi connectivity index (χ3n) is 11.1. The lowest BCUT2D eigenvalue weighted by Crippen LogP contribution is -2.60. The van der Waals surface area contributed by atoms with Crippen molar-refractivity contribution < 1.29 is 56.2 Å². The molecular formula is C51H90O12S. The van der Waals surface area contributed by atoms with Gasteiger partial charge in [-0.2, -0.15) is 8.42 Å². The summed E-state index contributed by atoms with van der Waals surface area (Å²) in [4.78, 5) is 12.9. The van der Waals surface area contributed by atoms with E-state index in [1.165, 1.54) is 83.5 Å². The molecule has 1 heterocycles. The van der Waals surface area contributed by atoms with Crippen molar-refractivity contribution in [3.63, 3.8) is 0 Å². The van der Waals surface area contributed by atoms with E-state index in [-0.39, 0.29) is 19.6 Å². The van der Waals surface area contributed by atoms with E-state index < -0.39 is 59.8 Å². The van der Waals surface area contributed by atoms with Gasteiger partial charge in [0.2, 0.25) is 0 Å². The first-order chi connectivity index (χ1) is 31.1. The molecular weight excluding hydrogens is 837 g/mol. The van der Waals surface area contributed by atoms with Gasteiger partial charge in [0.05, 0.1) is 19.8 Å². The predicted octanol–water partition coefficient (Wildman–Crippen LogP) is 11.3. The average molecular weight is 927 g/mol. The molecule has 0 amide bonds. The molecule has 13 heteroatoms. The van der Waals surface area contributed by atoms with Crippen LogP contribution in [0.15, 0.2) is 60.8 Å².